The van der Waals surface area contributed by atoms with Gasteiger partial charge in [0.15, 0.2) is 0 Å². The number of aromatic nitrogens is 2. The number of anilines is 1. The van der Waals surface area contributed by atoms with Crippen LogP contribution < -0.4 is 10.9 Å². The summed E-state index contributed by atoms with van der Waals surface area (Å²) < 4.78 is 0. The second-order valence-electron chi connectivity index (χ2n) is 6.32. The standard InChI is InChI=1S/C22H19N3O/c1-15-11-13-17(14-12-15)23-20(16-7-3-2-4-8-16)21-22(26)25-19-10-6-5-9-18(19)24-21/h2-14,20,23H,1H3,(H,25,26)/t20-/m0/s1. The Morgan fingerprint density at radius 2 is 1.58 bits per heavy atom. The maximum absolute atomic E-state index is 12.7. The van der Waals surface area contributed by atoms with Gasteiger partial charge >= 0.3 is 0 Å². The number of benzene rings is 3. The van der Waals surface area contributed by atoms with Crippen molar-refractivity contribution in [2.45, 2.75) is 13.0 Å². The van der Waals surface area contributed by atoms with Gasteiger partial charge < -0.3 is 10.3 Å². The minimum Gasteiger partial charge on any atom is -0.373 e. The van der Waals surface area contributed by atoms with Crippen molar-refractivity contribution in [2.75, 3.05) is 5.32 Å². The van der Waals surface area contributed by atoms with Crippen LogP contribution in [0.15, 0.2) is 83.7 Å². The van der Waals surface area contributed by atoms with Crippen molar-refractivity contribution in [1.29, 1.82) is 0 Å². The van der Waals surface area contributed by atoms with Crippen LogP contribution in [0.5, 0.6) is 0 Å². The van der Waals surface area contributed by atoms with E-state index in [0.29, 0.717) is 5.69 Å². The number of hydrogen-bond donors (Lipinski definition) is 2. The summed E-state index contributed by atoms with van der Waals surface area (Å²) >= 11 is 0. The number of para-hydroxylation sites is 2. The molecule has 4 heteroatoms. The van der Waals surface area contributed by atoms with Gasteiger partial charge in [0, 0.05) is 5.69 Å². The van der Waals surface area contributed by atoms with Gasteiger partial charge in [0.2, 0.25) is 0 Å². The zero-order valence-electron chi connectivity index (χ0n) is 14.4. The summed E-state index contributed by atoms with van der Waals surface area (Å²) in [4.78, 5) is 20.3. The van der Waals surface area contributed by atoms with Gasteiger partial charge in [-0.2, -0.15) is 0 Å². The molecule has 26 heavy (non-hydrogen) atoms. The Balaban J connectivity index is 1.84. The minimum atomic E-state index is -0.340. The first-order valence-electron chi connectivity index (χ1n) is 8.58. The quantitative estimate of drug-likeness (QED) is 0.577. The summed E-state index contributed by atoms with van der Waals surface area (Å²) in [5, 5.41) is 3.46. The summed E-state index contributed by atoms with van der Waals surface area (Å²) in [6, 6.07) is 25.2. The fourth-order valence-corrected chi connectivity index (χ4v) is 3.01. The molecule has 128 valence electrons. The zero-order valence-corrected chi connectivity index (χ0v) is 14.4. The van der Waals surface area contributed by atoms with E-state index in [1.165, 1.54) is 5.56 Å². The lowest BCUT2D eigenvalue weighted by Crippen LogP contribution is -2.24. The van der Waals surface area contributed by atoms with Crippen molar-refractivity contribution in [3.05, 3.63) is 106 Å². The average molecular weight is 341 g/mol. The van der Waals surface area contributed by atoms with E-state index in [1.807, 2.05) is 85.8 Å². The lowest BCUT2D eigenvalue weighted by Gasteiger charge is -2.20. The molecule has 4 aromatic rings. The predicted molar refractivity (Wildman–Crippen MR) is 105 cm³/mol. The first kappa shape index (κ1) is 16.1. The molecule has 0 radical (unpaired) electrons. The van der Waals surface area contributed by atoms with Crippen molar-refractivity contribution in [1.82, 2.24) is 9.97 Å². The van der Waals surface area contributed by atoms with Crippen LogP contribution in [0.4, 0.5) is 5.69 Å². The molecule has 0 fully saturated rings. The topological polar surface area (TPSA) is 57.8 Å². The molecule has 3 aromatic carbocycles. The summed E-state index contributed by atoms with van der Waals surface area (Å²) in [7, 11) is 0. The molecule has 4 rings (SSSR count). The van der Waals surface area contributed by atoms with Crippen molar-refractivity contribution in [2.24, 2.45) is 0 Å². The Kier molecular flexibility index (Phi) is 4.23. The lowest BCUT2D eigenvalue weighted by atomic mass is 10.0. The molecule has 1 heterocycles. The van der Waals surface area contributed by atoms with Gasteiger partial charge in [-0.3, -0.25) is 4.79 Å². The first-order chi connectivity index (χ1) is 12.7. The lowest BCUT2D eigenvalue weighted by molar-refractivity contribution is 0.867. The average Bonchev–Trinajstić information content (AvgIpc) is 2.68. The molecule has 4 nitrogen and oxygen atoms in total. The normalized spacial score (nSPS) is 12.0. The molecule has 1 atom stereocenters. The monoisotopic (exact) mass is 341 g/mol. The highest BCUT2D eigenvalue weighted by Gasteiger charge is 2.19. The molecule has 0 aliphatic rings. The zero-order chi connectivity index (χ0) is 17.9. The van der Waals surface area contributed by atoms with Gasteiger partial charge in [-0.25, -0.2) is 4.98 Å². The molecule has 1 aromatic heterocycles. The summed E-state index contributed by atoms with van der Waals surface area (Å²) in [6.45, 7) is 2.05. The Bertz CT molecular complexity index is 1090. The van der Waals surface area contributed by atoms with Crippen LogP contribution in [0.25, 0.3) is 11.0 Å². The van der Waals surface area contributed by atoms with Gasteiger partial charge in [0.1, 0.15) is 5.69 Å². The third kappa shape index (κ3) is 3.22. The number of nitrogens with one attached hydrogen (secondary N) is 2. The number of hydrogen-bond acceptors (Lipinski definition) is 3. The fourth-order valence-electron chi connectivity index (χ4n) is 3.01. The Morgan fingerprint density at radius 1 is 0.885 bits per heavy atom. The molecular weight excluding hydrogens is 322 g/mol. The summed E-state index contributed by atoms with van der Waals surface area (Å²) in [5.41, 5.74) is 4.90. The van der Waals surface area contributed by atoms with Crippen molar-refractivity contribution in [3.63, 3.8) is 0 Å². The fraction of sp³-hybridized carbons (Fsp3) is 0.0909. The smallest absolute Gasteiger partial charge is 0.272 e. The number of aryl methyl sites for hydroxylation is 1. The SMILES string of the molecule is Cc1ccc(N[C@@H](c2ccccc2)c2nc3ccccc3[nH]c2=O)cc1. The molecular formula is C22H19N3O. The van der Waals surface area contributed by atoms with Crippen LogP contribution >= 0.6 is 0 Å². The van der Waals surface area contributed by atoms with E-state index >= 15 is 0 Å². The van der Waals surface area contributed by atoms with Crippen molar-refractivity contribution >= 4 is 16.7 Å². The molecule has 0 unspecified atom stereocenters. The van der Waals surface area contributed by atoms with Gasteiger partial charge in [-0.15, -0.1) is 0 Å². The Morgan fingerprint density at radius 3 is 2.35 bits per heavy atom. The van der Waals surface area contributed by atoms with Gasteiger partial charge in [-0.05, 0) is 36.8 Å². The molecule has 0 aliphatic carbocycles. The highest BCUT2D eigenvalue weighted by atomic mass is 16.1. The van der Waals surface area contributed by atoms with E-state index in [9.17, 15) is 4.79 Å². The molecule has 0 bridgehead atoms. The number of aromatic amines is 1. The number of fused-ring (bicyclic) bond motifs is 1. The molecule has 0 spiro atoms. The minimum absolute atomic E-state index is 0.183. The molecule has 0 aliphatic heterocycles. The number of nitrogens with zero attached hydrogens (tertiary/aromatic N) is 1. The van der Waals surface area contributed by atoms with Gasteiger partial charge in [0.25, 0.3) is 5.56 Å². The van der Waals surface area contributed by atoms with Gasteiger partial charge in [-0.1, -0.05) is 60.2 Å². The van der Waals surface area contributed by atoms with E-state index in [0.717, 1.165) is 22.3 Å². The highest BCUT2D eigenvalue weighted by Crippen LogP contribution is 2.24. The molecule has 0 saturated carbocycles. The summed E-state index contributed by atoms with van der Waals surface area (Å²) in [6.07, 6.45) is 0. The third-order valence-corrected chi connectivity index (χ3v) is 4.39. The van der Waals surface area contributed by atoms with E-state index in [1.54, 1.807) is 0 Å². The second-order valence-corrected chi connectivity index (χ2v) is 6.32. The van der Waals surface area contributed by atoms with E-state index in [4.69, 9.17) is 0 Å². The Labute approximate surface area is 151 Å². The number of rotatable bonds is 4. The van der Waals surface area contributed by atoms with Crippen LogP contribution in [0.2, 0.25) is 0 Å². The van der Waals surface area contributed by atoms with Crippen LogP contribution in [0, 0.1) is 6.92 Å². The van der Waals surface area contributed by atoms with Crippen LogP contribution in [0.3, 0.4) is 0 Å². The van der Waals surface area contributed by atoms with Crippen molar-refractivity contribution in [3.8, 4) is 0 Å². The van der Waals surface area contributed by atoms with E-state index in [2.05, 4.69) is 15.3 Å². The van der Waals surface area contributed by atoms with E-state index < -0.39 is 0 Å². The van der Waals surface area contributed by atoms with Gasteiger partial charge in [0.05, 0.1) is 17.1 Å². The Hall–Kier alpha value is -3.40. The maximum atomic E-state index is 12.7. The molecule has 0 saturated heterocycles. The molecule has 0 amide bonds. The first-order valence-corrected chi connectivity index (χ1v) is 8.58. The third-order valence-electron chi connectivity index (χ3n) is 4.39. The highest BCUT2D eigenvalue weighted by molar-refractivity contribution is 5.73. The van der Waals surface area contributed by atoms with Crippen LogP contribution in [-0.2, 0) is 0 Å². The van der Waals surface area contributed by atoms with Crippen LogP contribution in [0.1, 0.15) is 22.9 Å². The summed E-state index contributed by atoms with van der Waals surface area (Å²) in [5.74, 6) is 0. The van der Waals surface area contributed by atoms with Crippen LogP contribution in [-0.4, -0.2) is 9.97 Å². The predicted octanol–water partition coefficient (Wildman–Crippen LogP) is 4.43. The molecule has 2 N–H and O–H groups in total. The van der Waals surface area contributed by atoms with Crippen molar-refractivity contribution < 1.29 is 0 Å². The largest absolute Gasteiger partial charge is 0.373 e. The number of H-pyrrole nitrogens is 1. The second kappa shape index (κ2) is 6.84. The van der Waals surface area contributed by atoms with E-state index in [-0.39, 0.29) is 11.6 Å². The maximum Gasteiger partial charge on any atom is 0.272 e.